The van der Waals surface area contributed by atoms with Gasteiger partial charge in [-0.3, -0.25) is 9.59 Å². The van der Waals surface area contributed by atoms with Gasteiger partial charge in [-0.2, -0.15) is 0 Å². The van der Waals surface area contributed by atoms with Gasteiger partial charge in [0.05, 0.1) is 5.41 Å². The third-order valence-corrected chi connectivity index (χ3v) is 4.34. The zero-order valence-electron chi connectivity index (χ0n) is 13.4. The molecule has 1 unspecified atom stereocenters. The van der Waals surface area contributed by atoms with Crippen molar-refractivity contribution in [1.29, 1.82) is 0 Å². The van der Waals surface area contributed by atoms with E-state index in [4.69, 9.17) is 0 Å². The van der Waals surface area contributed by atoms with Gasteiger partial charge in [-0.15, -0.1) is 0 Å². The quantitative estimate of drug-likeness (QED) is 0.776. The van der Waals surface area contributed by atoms with Gasteiger partial charge in [0.1, 0.15) is 5.82 Å². The Morgan fingerprint density at radius 2 is 1.86 bits per heavy atom. The van der Waals surface area contributed by atoms with Crippen molar-refractivity contribution in [2.24, 2.45) is 11.3 Å². The first-order valence-electron chi connectivity index (χ1n) is 7.60. The third-order valence-electron chi connectivity index (χ3n) is 4.34. The molecule has 22 heavy (non-hydrogen) atoms. The first-order chi connectivity index (χ1) is 10.4. The molecule has 0 spiro atoms. The largest absolute Gasteiger partial charge is 0.481 e. The van der Waals surface area contributed by atoms with Crippen LogP contribution in [0.5, 0.6) is 0 Å². The third kappa shape index (κ3) is 4.29. The van der Waals surface area contributed by atoms with E-state index in [0.29, 0.717) is 18.4 Å². The Bertz CT molecular complexity index is 526. The van der Waals surface area contributed by atoms with Crippen molar-refractivity contribution in [2.75, 3.05) is 6.54 Å². The number of carboxylic acids is 1. The van der Waals surface area contributed by atoms with Crippen LogP contribution in [0.2, 0.25) is 0 Å². The predicted octanol–water partition coefficient (Wildman–Crippen LogP) is 3.01. The zero-order chi connectivity index (χ0) is 16.8. The van der Waals surface area contributed by atoms with E-state index >= 15 is 0 Å². The van der Waals surface area contributed by atoms with E-state index in [1.807, 2.05) is 0 Å². The van der Waals surface area contributed by atoms with E-state index in [1.54, 1.807) is 39.0 Å². The van der Waals surface area contributed by atoms with Crippen LogP contribution in [0.15, 0.2) is 24.3 Å². The minimum atomic E-state index is -0.937. The van der Waals surface area contributed by atoms with Crippen LogP contribution in [0.3, 0.4) is 0 Å². The summed E-state index contributed by atoms with van der Waals surface area (Å²) >= 11 is 0. The van der Waals surface area contributed by atoms with Gasteiger partial charge in [0.25, 0.3) is 0 Å². The first-order valence-corrected chi connectivity index (χ1v) is 7.60. The molecule has 1 amide bonds. The summed E-state index contributed by atoms with van der Waals surface area (Å²) in [5.74, 6) is -1.91. The summed E-state index contributed by atoms with van der Waals surface area (Å²) in [7, 11) is 0. The highest BCUT2D eigenvalue weighted by atomic mass is 19.1. The Kier molecular flexibility index (Phi) is 6.53. The molecule has 1 rings (SSSR count). The second-order valence-electron chi connectivity index (χ2n) is 5.71. The van der Waals surface area contributed by atoms with E-state index < -0.39 is 17.3 Å². The second-order valence-corrected chi connectivity index (χ2v) is 5.71. The second kappa shape index (κ2) is 7.92. The van der Waals surface area contributed by atoms with Gasteiger partial charge in [-0.1, -0.05) is 39.0 Å². The van der Waals surface area contributed by atoms with Crippen molar-refractivity contribution in [2.45, 2.75) is 40.0 Å². The highest BCUT2D eigenvalue weighted by Gasteiger charge is 2.35. The number of amides is 1. The van der Waals surface area contributed by atoms with Crippen molar-refractivity contribution in [3.05, 3.63) is 35.6 Å². The van der Waals surface area contributed by atoms with E-state index in [-0.39, 0.29) is 24.7 Å². The van der Waals surface area contributed by atoms with E-state index in [2.05, 4.69) is 5.32 Å². The molecule has 0 fully saturated rings. The molecule has 122 valence electrons. The van der Waals surface area contributed by atoms with Crippen LogP contribution in [-0.4, -0.2) is 23.5 Å². The molecule has 0 aromatic heterocycles. The standard InChI is InChI=1S/C17H24FNO3/c1-4-17(5-2,16(21)22)11-19-15(20)12(3)10-13-8-6-7-9-14(13)18/h6-9,12H,4-5,10-11H2,1-3H3,(H,19,20)(H,21,22). The molecule has 0 saturated heterocycles. The average molecular weight is 309 g/mol. The number of carbonyl (C=O) groups is 2. The highest BCUT2D eigenvalue weighted by Crippen LogP contribution is 2.26. The topological polar surface area (TPSA) is 66.4 Å². The number of nitrogens with one attached hydrogen (secondary N) is 1. The molecule has 5 heteroatoms. The fourth-order valence-electron chi connectivity index (χ4n) is 2.40. The molecule has 0 bridgehead atoms. The molecular formula is C17H24FNO3. The minimum absolute atomic E-state index is 0.0930. The number of carboxylic acid groups (broad SMARTS) is 1. The smallest absolute Gasteiger partial charge is 0.311 e. The molecule has 1 atom stereocenters. The van der Waals surface area contributed by atoms with Gasteiger partial charge in [0.15, 0.2) is 0 Å². The van der Waals surface area contributed by atoms with Crippen molar-refractivity contribution in [3.63, 3.8) is 0 Å². The van der Waals surface area contributed by atoms with Crippen molar-refractivity contribution in [3.8, 4) is 0 Å². The molecule has 4 nitrogen and oxygen atoms in total. The summed E-state index contributed by atoms with van der Waals surface area (Å²) in [4.78, 5) is 23.5. The number of rotatable bonds is 8. The Morgan fingerprint density at radius 3 is 2.36 bits per heavy atom. The van der Waals surface area contributed by atoms with E-state index in [0.717, 1.165) is 0 Å². The normalized spacial score (nSPS) is 12.7. The first kappa shape index (κ1) is 18.1. The van der Waals surface area contributed by atoms with Crippen LogP contribution in [0.4, 0.5) is 4.39 Å². The summed E-state index contributed by atoms with van der Waals surface area (Å²) in [6.07, 6.45) is 1.18. The van der Waals surface area contributed by atoms with Crippen LogP contribution < -0.4 is 5.32 Å². The van der Waals surface area contributed by atoms with Crippen LogP contribution in [0, 0.1) is 17.2 Å². The van der Waals surface area contributed by atoms with Crippen LogP contribution in [0.1, 0.15) is 39.2 Å². The maximum Gasteiger partial charge on any atom is 0.311 e. The maximum absolute atomic E-state index is 13.6. The molecule has 0 aliphatic heterocycles. The monoisotopic (exact) mass is 309 g/mol. The zero-order valence-corrected chi connectivity index (χ0v) is 13.4. The Hall–Kier alpha value is -1.91. The molecule has 2 N–H and O–H groups in total. The fraction of sp³-hybridized carbons (Fsp3) is 0.529. The minimum Gasteiger partial charge on any atom is -0.481 e. The number of carbonyl (C=O) groups excluding carboxylic acids is 1. The van der Waals surface area contributed by atoms with Crippen molar-refractivity contribution >= 4 is 11.9 Å². The van der Waals surface area contributed by atoms with Gasteiger partial charge in [-0.05, 0) is 30.9 Å². The van der Waals surface area contributed by atoms with E-state index in [9.17, 15) is 19.1 Å². The van der Waals surface area contributed by atoms with Gasteiger partial charge < -0.3 is 10.4 Å². The highest BCUT2D eigenvalue weighted by molar-refractivity contribution is 5.80. The lowest BCUT2D eigenvalue weighted by Crippen LogP contribution is -2.44. The van der Waals surface area contributed by atoms with E-state index in [1.165, 1.54) is 6.07 Å². The average Bonchev–Trinajstić information content (AvgIpc) is 2.50. The Balaban J connectivity index is 2.65. The summed E-state index contributed by atoms with van der Waals surface area (Å²) in [6.45, 7) is 5.40. The summed E-state index contributed by atoms with van der Waals surface area (Å²) in [5.41, 5.74) is -0.450. The molecule has 0 radical (unpaired) electrons. The van der Waals surface area contributed by atoms with Crippen LogP contribution in [-0.2, 0) is 16.0 Å². The lowest BCUT2D eigenvalue weighted by molar-refractivity contribution is -0.149. The molecule has 0 aliphatic carbocycles. The molecule has 1 aromatic carbocycles. The van der Waals surface area contributed by atoms with Crippen molar-refractivity contribution in [1.82, 2.24) is 5.32 Å². The molecule has 0 heterocycles. The lowest BCUT2D eigenvalue weighted by Gasteiger charge is -2.27. The van der Waals surface area contributed by atoms with Gasteiger partial charge in [-0.25, -0.2) is 4.39 Å². The summed E-state index contributed by atoms with van der Waals surface area (Å²) in [5, 5.41) is 12.0. The molecule has 0 saturated carbocycles. The Labute approximate surface area is 130 Å². The van der Waals surface area contributed by atoms with Crippen LogP contribution >= 0.6 is 0 Å². The summed E-state index contributed by atoms with van der Waals surface area (Å²) in [6, 6.07) is 6.35. The number of aliphatic carboxylic acids is 1. The van der Waals surface area contributed by atoms with Crippen molar-refractivity contribution < 1.29 is 19.1 Å². The SMILES string of the molecule is CCC(CC)(CNC(=O)C(C)Cc1ccccc1F)C(=O)O. The van der Waals surface area contributed by atoms with Gasteiger partial charge >= 0.3 is 5.97 Å². The lowest BCUT2D eigenvalue weighted by atomic mass is 9.82. The predicted molar refractivity (Wildman–Crippen MR) is 82.9 cm³/mol. The number of hydrogen-bond acceptors (Lipinski definition) is 2. The molecule has 1 aromatic rings. The Morgan fingerprint density at radius 1 is 1.27 bits per heavy atom. The van der Waals surface area contributed by atoms with Gasteiger partial charge in [0.2, 0.25) is 5.91 Å². The number of hydrogen-bond donors (Lipinski definition) is 2. The number of halogens is 1. The number of benzene rings is 1. The fourth-order valence-corrected chi connectivity index (χ4v) is 2.40. The van der Waals surface area contributed by atoms with Crippen LogP contribution in [0.25, 0.3) is 0 Å². The summed E-state index contributed by atoms with van der Waals surface area (Å²) < 4.78 is 13.6. The molecule has 0 aliphatic rings. The maximum atomic E-state index is 13.6. The van der Waals surface area contributed by atoms with Gasteiger partial charge in [0, 0.05) is 12.5 Å². The molecular weight excluding hydrogens is 285 g/mol.